The van der Waals surface area contributed by atoms with Crippen molar-refractivity contribution in [1.82, 2.24) is 5.32 Å². The standard InChI is InChI=1S/C14H20BrNO2/c15-13-6-3-4-11(14(13)17)10-16-8-7-12-5-1-2-9-18-12/h3-4,6,12,16-17H,1-2,5,7-10H2. The van der Waals surface area contributed by atoms with Gasteiger partial charge in [0.25, 0.3) is 0 Å². The third-order valence-corrected chi connectivity index (χ3v) is 3.94. The summed E-state index contributed by atoms with van der Waals surface area (Å²) in [6.07, 6.45) is 5.15. The van der Waals surface area contributed by atoms with Crippen LogP contribution in [-0.2, 0) is 11.3 Å². The molecule has 4 heteroatoms. The van der Waals surface area contributed by atoms with Gasteiger partial charge in [0, 0.05) is 18.7 Å². The molecule has 100 valence electrons. The highest BCUT2D eigenvalue weighted by Gasteiger charge is 2.13. The van der Waals surface area contributed by atoms with Crippen LogP contribution in [0.5, 0.6) is 5.75 Å². The van der Waals surface area contributed by atoms with Crippen molar-refractivity contribution in [2.75, 3.05) is 13.2 Å². The highest BCUT2D eigenvalue weighted by Crippen LogP contribution is 2.27. The molecule has 0 spiro atoms. The first-order valence-electron chi connectivity index (χ1n) is 6.56. The van der Waals surface area contributed by atoms with Crippen molar-refractivity contribution >= 4 is 15.9 Å². The van der Waals surface area contributed by atoms with Crippen LogP contribution in [0.1, 0.15) is 31.2 Å². The van der Waals surface area contributed by atoms with Gasteiger partial charge in [-0.25, -0.2) is 0 Å². The predicted octanol–water partition coefficient (Wildman–Crippen LogP) is 3.20. The van der Waals surface area contributed by atoms with E-state index < -0.39 is 0 Å². The van der Waals surface area contributed by atoms with Crippen LogP contribution >= 0.6 is 15.9 Å². The molecule has 0 aromatic heterocycles. The highest BCUT2D eigenvalue weighted by atomic mass is 79.9. The molecule has 1 atom stereocenters. The van der Waals surface area contributed by atoms with E-state index in [4.69, 9.17) is 4.74 Å². The summed E-state index contributed by atoms with van der Waals surface area (Å²) in [7, 11) is 0. The van der Waals surface area contributed by atoms with E-state index in [2.05, 4.69) is 21.2 Å². The minimum Gasteiger partial charge on any atom is -0.506 e. The molecular formula is C14H20BrNO2. The van der Waals surface area contributed by atoms with E-state index in [-0.39, 0.29) is 0 Å². The number of nitrogens with one attached hydrogen (secondary N) is 1. The number of halogens is 1. The zero-order valence-corrected chi connectivity index (χ0v) is 12.1. The Morgan fingerprint density at radius 2 is 2.28 bits per heavy atom. The number of hydrogen-bond acceptors (Lipinski definition) is 3. The van der Waals surface area contributed by atoms with Gasteiger partial charge in [0.2, 0.25) is 0 Å². The van der Waals surface area contributed by atoms with Crippen LogP contribution in [0.3, 0.4) is 0 Å². The van der Waals surface area contributed by atoms with E-state index in [1.165, 1.54) is 19.3 Å². The number of ether oxygens (including phenoxy) is 1. The lowest BCUT2D eigenvalue weighted by Crippen LogP contribution is -2.25. The van der Waals surface area contributed by atoms with Crippen molar-refractivity contribution in [3.63, 3.8) is 0 Å². The molecule has 1 aliphatic rings. The smallest absolute Gasteiger partial charge is 0.134 e. The summed E-state index contributed by atoms with van der Waals surface area (Å²) in [4.78, 5) is 0. The normalized spacial score (nSPS) is 19.9. The fourth-order valence-electron chi connectivity index (χ4n) is 2.22. The highest BCUT2D eigenvalue weighted by molar-refractivity contribution is 9.10. The molecule has 2 N–H and O–H groups in total. The van der Waals surface area contributed by atoms with Crippen LogP contribution in [0.2, 0.25) is 0 Å². The van der Waals surface area contributed by atoms with Gasteiger partial charge in [0.05, 0.1) is 10.6 Å². The monoisotopic (exact) mass is 313 g/mol. The van der Waals surface area contributed by atoms with E-state index in [9.17, 15) is 5.11 Å². The second kappa shape index (κ2) is 7.12. The Kier molecular flexibility index (Phi) is 5.47. The summed E-state index contributed by atoms with van der Waals surface area (Å²) >= 11 is 3.32. The molecule has 3 nitrogen and oxygen atoms in total. The summed E-state index contributed by atoms with van der Waals surface area (Å²) < 4.78 is 6.42. The van der Waals surface area contributed by atoms with Crippen LogP contribution in [0.4, 0.5) is 0 Å². The van der Waals surface area contributed by atoms with Crippen molar-refractivity contribution < 1.29 is 9.84 Å². The van der Waals surface area contributed by atoms with Gasteiger partial charge >= 0.3 is 0 Å². The molecule has 1 aliphatic heterocycles. The fraction of sp³-hybridized carbons (Fsp3) is 0.571. The molecule has 18 heavy (non-hydrogen) atoms. The third kappa shape index (κ3) is 3.97. The fourth-order valence-corrected chi connectivity index (χ4v) is 2.63. The molecule has 0 radical (unpaired) electrons. The van der Waals surface area contributed by atoms with Crippen LogP contribution < -0.4 is 5.32 Å². The molecule has 0 saturated carbocycles. The summed E-state index contributed by atoms with van der Waals surface area (Å²) in [6.45, 7) is 2.53. The molecule has 2 rings (SSSR count). The molecule has 1 aromatic rings. The maximum Gasteiger partial charge on any atom is 0.134 e. The number of aromatic hydroxyl groups is 1. The van der Waals surface area contributed by atoms with Gasteiger partial charge in [-0.15, -0.1) is 0 Å². The van der Waals surface area contributed by atoms with Gasteiger partial charge in [-0.05, 0) is 54.2 Å². The number of hydrogen-bond donors (Lipinski definition) is 2. The first-order valence-corrected chi connectivity index (χ1v) is 7.35. The van der Waals surface area contributed by atoms with Crippen LogP contribution in [0.15, 0.2) is 22.7 Å². The van der Waals surface area contributed by atoms with Crippen LogP contribution in [0, 0.1) is 0 Å². The molecule has 1 saturated heterocycles. The topological polar surface area (TPSA) is 41.5 Å². The molecule has 0 aliphatic carbocycles. The first kappa shape index (κ1) is 13.8. The molecular weight excluding hydrogens is 294 g/mol. The Hall–Kier alpha value is -0.580. The minimum absolute atomic E-state index is 0.332. The van der Waals surface area contributed by atoms with Gasteiger partial charge in [-0.2, -0.15) is 0 Å². The summed E-state index contributed by atoms with van der Waals surface area (Å²) in [5.41, 5.74) is 0.925. The number of phenols is 1. The molecule has 1 aromatic carbocycles. The first-order chi connectivity index (χ1) is 8.77. The van der Waals surface area contributed by atoms with E-state index in [0.717, 1.165) is 29.6 Å². The summed E-state index contributed by atoms with van der Waals surface area (Å²) in [6, 6.07) is 5.71. The summed E-state index contributed by atoms with van der Waals surface area (Å²) in [5, 5.41) is 13.2. The second-order valence-electron chi connectivity index (χ2n) is 4.70. The predicted molar refractivity (Wildman–Crippen MR) is 75.7 cm³/mol. The van der Waals surface area contributed by atoms with Crippen molar-refractivity contribution in [2.24, 2.45) is 0 Å². The van der Waals surface area contributed by atoms with Crippen molar-refractivity contribution in [2.45, 2.75) is 38.3 Å². The molecule has 0 amide bonds. The van der Waals surface area contributed by atoms with Crippen LogP contribution in [-0.4, -0.2) is 24.4 Å². The van der Waals surface area contributed by atoms with Crippen molar-refractivity contribution in [3.05, 3.63) is 28.2 Å². The van der Waals surface area contributed by atoms with Gasteiger partial charge < -0.3 is 15.2 Å². The Morgan fingerprint density at radius 3 is 3.06 bits per heavy atom. The Morgan fingerprint density at radius 1 is 1.39 bits per heavy atom. The number of rotatable bonds is 5. The number of benzene rings is 1. The quantitative estimate of drug-likeness (QED) is 0.820. The Balaban J connectivity index is 1.70. The molecule has 1 fully saturated rings. The largest absolute Gasteiger partial charge is 0.506 e. The zero-order valence-electron chi connectivity index (χ0n) is 10.5. The van der Waals surface area contributed by atoms with Gasteiger partial charge in [-0.1, -0.05) is 12.1 Å². The number of phenolic OH excluding ortho intramolecular Hbond substituents is 1. The lowest BCUT2D eigenvalue weighted by Gasteiger charge is -2.22. The summed E-state index contributed by atoms with van der Waals surface area (Å²) in [5.74, 6) is 0.332. The molecule has 1 heterocycles. The Bertz CT molecular complexity index is 378. The maximum atomic E-state index is 9.83. The van der Waals surface area contributed by atoms with E-state index in [0.29, 0.717) is 18.4 Å². The molecule has 1 unspecified atom stereocenters. The lowest BCUT2D eigenvalue weighted by molar-refractivity contribution is 0.0115. The van der Waals surface area contributed by atoms with Crippen LogP contribution in [0.25, 0.3) is 0 Å². The zero-order chi connectivity index (χ0) is 12.8. The van der Waals surface area contributed by atoms with E-state index in [1.54, 1.807) is 0 Å². The SMILES string of the molecule is Oc1c(Br)cccc1CNCCC1CCCCO1. The lowest BCUT2D eigenvalue weighted by atomic mass is 10.1. The molecule has 0 bridgehead atoms. The van der Waals surface area contributed by atoms with Crippen molar-refractivity contribution in [1.29, 1.82) is 0 Å². The number of para-hydroxylation sites is 1. The maximum absolute atomic E-state index is 9.83. The minimum atomic E-state index is 0.332. The Labute approximate surface area is 117 Å². The van der Waals surface area contributed by atoms with Gasteiger partial charge in [0.15, 0.2) is 0 Å². The van der Waals surface area contributed by atoms with Gasteiger partial charge in [0.1, 0.15) is 5.75 Å². The van der Waals surface area contributed by atoms with Gasteiger partial charge in [-0.3, -0.25) is 0 Å². The van der Waals surface area contributed by atoms with E-state index >= 15 is 0 Å². The van der Waals surface area contributed by atoms with Crippen molar-refractivity contribution in [3.8, 4) is 5.75 Å². The van der Waals surface area contributed by atoms with E-state index in [1.807, 2.05) is 18.2 Å². The second-order valence-corrected chi connectivity index (χ2v) is 5.56. The average molecular weight is 314 g/mol. The average Bonchev–Trinajstić information content (AvgIpc) is 2.40. The third-order valence-electron chi connectivity index (χ3n) is 3.30.